The molecule has 2 N–H and O–H groups in total. The van der Waals surface area contributed by atoms with Crippen molar-refractivity contribution in [2.24, 2.45) is 5.92 Å². The number of hydrogen-bond acceptors (Lipinski definition) is 2. The number of amides is 1. The number of nitrogens with one attached hydrogen (secondary N) is 2. The summed E-state index contributed by atoms with van der Waals surface area (Å²) in [5.41, 5.74) is 1.13. The lowest BCUT2D eigenvalue weighted by Crippen LogP contribution is -2.39. The minimum absolute atomic E-state index is 0.0662. The summed E-state index contributed by atoms with van der Waals surface area (Å²) in [6.45, 7) is 7.65. The molecule has 112 valence electrons. The molecule has 0 spiro atoms. The molecule has 1 amide bonds. The van der Waals surface area contributed by atoms with E-state index in [0.29, 0.717) is 25.0 Å². The zero-order chi connectivity index (χ0) is 14.8. The summed E-state index contributed by atoms with van der Waals surface area (Å²) in [5.74, 6) is 0.774. The fourth-order valence-electron chi connectivity index (χ4n) is 2.14. The predicted molar refractivity (Wildman–Crippen MR) is 84.4 cm³/mol. The molecule has 1 aromatic rings. The highest BCUT2D eigenvalue weighted by molar-refractivity contribution is 5.78. The van der Waals surface area contributed by atoms with Crippen LogP contribution in [0.3, 0.4) is 0 Å². The van der Waals surface area contributed by atoms with E-state index in [0.717, 1.165) is 18.4 Å². The fourth-order valence-corrected chi connectivity index (χ4v) is 2.14. The molecule has 3 heteroatoms. The van der Waals surface area contributed by atoms with Gasteiger partial charge in [0.05, 0.1) is 6.54 Å². The molecular weight excluding hydrogens is 248 g/mol. The van der Waals surface area contributed by atoms with Gasteiger partial charge in [0, 0.05) is 12.6 Å². The van der Waals surface area contributed by atoms with Crippen molar-refractivity contribution >= 4 is 5.91 Å². The lowest BCUT2D eigenvalue weighted by Gasteiger charge is -2.20. The normalized spacial score (nSPS) is 13.8. The molecule has 3 nitrogen and oxygen atoms in total. The first kappa shape index (κ1) is 16.7. The average molecular weight is 276 g/mol. The van der Waals surface area contributed by atoms with Gasteiger partial charge in [-0.25, -0.2) is 0 Å². The highest BCUT2D eigenvalue weighted by atomic mass is 16.1. The first-order chi connectivity index (χ1) is 9.65. The molecule has 0 radical (unpaired) electrons. The first-order valence-electron chi connectivity index (χ1n) is 7.69. The third-order valence-electron chi connectivity index (χ3n) is 3.76. The van der Waals surface area contributed by atoms with Gasteiger partial charge in [-0.2, -0.15) is 0 Å². The molecule has 20 heavy (non-hydrogen) atoms. The van der Waals surface area contributed by atoms with Crippen LogP contribution in [-0.2, 0) is 11.3 Å². The van der Waals surface area contributed by atoms with Crippen LogP contribution in [0.15, 0.2) is 30.3 Å². The molecule has 1 aromatic carbocycles. The van der Waals surface area contributed by atoms with E-state index in [1.807, 2.05) is 30.3 Å². The Morgan fingerprint density at radius 1 is 1.15 bits per heavy atom. The summed E-state index contributed by atoms with van der Waals surface area (Å²) in [6.07, 6.45) is 3.40. The number of carbonyl (C=O) groups is 1. The molecule has 0 aliphatic heterocycles. The molecule has 0 saturated heterocycles. The Morgan fingerprint density at radius 2 is 1.85 bits per heavy atom. The highest BCUT2D eigenvalue weighted by Crippen LogP contribution is 2.11. The summed E-state index contributed by atoms with van der Waals surface area (Å²) >= 11 is 0. The SMILES string of the molecule is CCC(C)CC(CC)NCC(=O)NCc1ccccc1. The van der Waals surface area contributed by atoms with Crippen molar-refractivity contribution in [2.45, 2.75) is 52.6 Å². The van der Waals surface area contributed by atoms with Gasteiger partial charge in [0.15, 0.2) is 0 Å². The Balaban J connectivity index is 2.24. The third kappa shape index (κ3) is 6.71. The number of rotatable bonds is 9. The average Bonchev–Trinajstić information content (AvgIpc) is 2.50. The molecule has 0 aromatic heterocycles. The predicted octanol–water partition coefficient (Wildman–Crippen LogP) is 3.11. The number of benzene rings is 1. The van der Waals surface area contributed by atoms with Crippen LogP contribution in [0, 0.1) is 5.92 Å². The van der Waals surface area contributed by atoms with E-state index in [1.165, 1.54) is 6.42 Å². The van der Waals surface area contributed by atoms with Gasteiger partial charge in [0.2, 0.25) is 5.91 Å². The van der Waals surface area contributed by atoms with Gasteiger partial charge in [-0.1, -0.05) is 57.5 Å². The minimum atomic E-state index is 0.0662. The molecule has 0 bridgehead atoms. The maximum absolute atomic E-state index is 11.8. The lowest BCUT2D eigenvalue weighted by molar-refractivity contribution is -0.120. The molecule has 0 aliphatic rings. The van der Waals surface area contributed by atoms with Crippen molar-refractivity contribution in [3.05, 3.63) is 35.9 Å². The van der Waals surface area contributed by atoms with Crippen molar-refractivity contribution in [1.29, 1.82) is 0 Å². The van der Waals surface area contributed by atoms with Crippen LogP contribution in [0.25, 0.3) is 0 Å². The molecule has 0 fully saturated rings. The smallest absolute Gasteiger partial charge is 0.234 e. The lowest BCUT2D eigenvalue weighted by atomic mass is 9.98. The largest absolute Gasteiger partial charge is 0.351 e. The standard InChI is InChI=1S/C17H28N2O/c1-4-14(3)11-16(5-2)18-13-17(20)19-12-15-9-7-6-8-10-15/h6-10,14,16,18H,4-5,11-13H2,1-3H3,(H,19,20). The van der Waals surface area contributed by atoms with E-state index in [2.05, 4.69) is 31.4 Å². The van der Waals surface area contributed by atoms with Gasteiger partial charge in [-0.15, -0.1) is 0 Å². The fraction of sp³-hybridized carbons (Fsp3) is 0.588. The molecule has 1 rings (SSSR count). The van der Waals surface area contributed by atoms with Crippen LogP contribution >= 0.6 is 0 Å². The zero-order valence-corrected chi connectivity index (χ0v) is 13.0. The monoisotopic (exact) mass is 276 g/mol. The highest BCUT2D eigenvalue weighted by Gasteiger charge is 2.11. The summed E-state index contributed by atoms with van der Waals surface area (Å²) in [4.78, 5) is 11.8. The zero-order valence-electron chi connectivity index (χ0n) is 13.0. The van der Waals surface area contributed by atoms with Gasteiger partial charge in [-0.3, -0.25) is 4.79 Å². The van der Waals surface area contributed by atoms with Crippen molar-refractivity contribution in [3.63, 3.8) is 0 Å². The van der Waals surface area contributed by atoms with Crippen LogP contribution in [0.4, 0.5) is 0 Å². The second-order valence-electron chi connectivity index (χ2n) is 5.50. The summed E-state index contributed by atoms with van der Waals surface area (Å²) in [6, 6.07) is 10.4. The van der Waals surface area contributed by atoms with E-state index >= 15 is 0 Å². The molecule has 2 unspecified atom stereocenters. The van der Waals surface area contributed by atoms with E-state index in [1.54, 1.807) is 0 Å². The molecule has 2 atom stereocenters. The van der Waals surface area contributed by atoms with Crippen LogP contribution in [0.2, 0.25) is 0 Å². The van der Waals surface area contributed by atoms with Gasteiger partial charge in [0.25, 0.3) is 0 Å². The van der Waals surface area contributed by atoms with E-state index in [4.69, 9.17) is 0 Å². The van der Waals surface area contributed by atoms with Crippen molar-refractivity contribution in [1.82, 2.24) is 10.6 Å². The van der Waals surface area contributed by atoms with Gasteiger partial charge in [-0.05, 0) is 24.3 Å². The Kier molecular flexibility index (Phi) is 7.97. The Morgan fingerprint density at radius 3 is 2.45 bits per heavy atom. The summed E-state index contributed by atoms with van der Waals surface area (Å²) in [5, 5.41) is 6.30. The quantitative estimate of drug-likeness (QED) is 0.727. The van der Waals surface area contributed by atoms with Crippen molar-refractivity contribution in [3.8, 4) is 0 Å². The first-order valence-corrected chi connectivity index (χ1v) is 7.69. The summed E-state index contributed by atoms with van der Waals surface area (Å²) in [7, 11) is 0. The third-order valence-corrected chi connectivity index (χ3v) is 3.76. The molecule has 0 heterocycles. The van der Waals surface area contributed by atoms with Crippen LogP contribution in [-0.4, -0.2) is 18.5 Å². The van der Waals surface area contributed by atoms with Crippen LogP contribution in [0.5, 0.6) is 0 Å². The van der Waals surface area contributed by atoms with E-state index < -0.39 is 0 Å². The van der Waals surface area contributed by atoms with Crippen molar-refractivity contribution < 1.29 is 4.79 Å². The van der Waals surface area contributed by atoms with Crippen LogP contribution < -0.4 is 10.6 Å². The molecular formula is C17H28N2O. The minimum Gasteiger partial charge on any atom is -0.351 e. The van der Waals surface area contributed by atoms with Gasteiger partial charge in [0.1, 0.15) is 0 Å². The van der Waals surface area contributed by atoms with Gasteiger partial charge < -0.3 is 10.6 Å². The van der Waals surface area contributed by atoms with Crippen molar-refractivity contribution in [2.75, 3.05) is 6.54 Å². The molecule has 0 aliphatic carbocycles. The van der Waals surface area contributed by atoms with Crippen LogP contribution in [0.1, 0.15) is 45.6 Å². The molecule has 0 saturated carbocycles. The maximum atomic E-state index is 11.8. The number of hydrogen-bond donors (Lipinski definition) is 2. The number of carbonyl (C=O) groups excluding carboxylic acids is 1. The Hall–Kier alpha value is -1.35. The summed E-state index contributed by atoms with van der Waals surface area (Å²) < 4.78 is 0. The second kappa shape index (κ2) is 9.54. The maximum Gasteiger partial charge on any atom is 0.234 e. The Bertz CT molecular complexity index is 378. The van der Waals surface area contributed by atoms with E-state index in [-0.39, 0.29) is 5.91 Å². The Labute approximate surface area is 123 Å². The van der Waals surface area contributed by atoms with E-state index in [9.17, 15) is 4.79 Å². The second-order valence-corrected chi connectivity index (χ2v) is 5.50. The topological polar surface area (TPSA) is 41.1 Å². The van der Waals surface area contributed by atoms with Gasteiger partial charge >= 0.3 is 0 Å².